The van der Waals surface area contributed by atoms with E-state index in [0.29, 0.717) is 18.6 Å². The molecular formula is C37H46O7S. The van der Waals surface area contributed by atoms with E-state index in [-0.39, 0.29) is 63.6 Å². The minimum atomic E-state index is -0.645. The number of carbonyl (C=O) groups excluding carboxylic acids is 3. The third kappa shape index (κ3) is 4.93. The SMILES string of the molecule is C=C[C@]1(C)C[C@@H](OC(=O)CSC2=CCCC(COC(=O)c3ccccc3O)=C2)[C@]2(C)C(C)CC34CC(CCC3=O)(C42)[C@@H](C)[C@@H]1O. The van der Waals surface area contributed by atoms with Crippen LogP contribution in [-0.2, 0) is 19.1 Å². The average molecular weight is 635 g/mol. The standard InChI is InChI=1S/C37H46O7S/c1-6-34(4)18-29(35(5)22(2)17-37-21-36(33(35)37,15-14-28(37)39)23(3)31(34)41)44-30(40)20-45-25-11-9-10-24(16-25)19-43-32(42)26-12-7-8-13-27(26)38/h6-8,11-13,16,22-23,29,31,33,38,41H,1,9-10,14-15,17-21H2,2-5H3/t22?,23-,29+,31-,33?,34+,35-,36?,37?/m0/s1. The lowest BCUT2D eigenvalue weighted by Crippen LogP contribution is -2.71. The monoisotopic (exact) mass is 634 g/mol. The van der Waals surface area contributed by atoms with E-state index in [9.17, 15) is 24.6 Å². The van der Waals surface area contributed by atoms with Crippen LogP contribution in [-0.4, -0.2) is 52.5 Å². The lowest BCUT2D eigenvalue weighted by molar-refractivity contribution is -0.257. The van der Waals surface area contributed by atoms with Crippen LogP contribution in [0.1, 0.15) is 83.0 Å². The molecule has 0 saturated heterocycles. The van der Waals surface area contributed by atoms with E-state index in [0.717, 1.165) is 42.6 Å². The predicted octanol–water partition coefficient (Wildman–Crippen LogP) is 6.79. The third-order valence-corrected chi connectivity index (χ3v) is 13.6. The molecule has 4 fully saturated rings. The molecule has 0 aromatic heterocycles. The van der Waals surface area contributed by atoms with Crippen LogP contribution in [0.15, 0.2) is 59.6 Å². The van der Waals surface area contributed by atoms with E-state index in [2.05, 4.69) is 33.4 Å². The number of rotatable bonds is 8. The Morgan fingerprint density at radius 1 is 1.16 bits per heavy atom. The molecule has 0 radical (unpaired) electrons. The molecule has 7 nitrogen and oxygen atoms in total. The number of hydrogen-bond donors (Lipinski definition) is 2. The molecule has 9 atom stereocenters. The Bertz CT molecular complexity index is 1480. The molecule has 0 heterocycles. The first kappa shape index (κ1) is 32.1. The van der Waals surface area contributed by atoms with Crippen LogP contribution in [0.3, 0.4) is 0 Å². The second-order valence-corrected chi connectivity index (χ2v) is 15.9. The van der Waals surface area contributed by atoms with Crippen molar-refractivity contribution in [3.63, 3.8) is 0 Å². The summed E-state index contributed by atoms with van der Waals surface area (Å²) < 4.78 is 11.9. The lowest BCUT2D eigenvalue weighted by Gasteiger charge is -2.71. The number of hydrogen-bond acceptors (Lipinski definition) is 8. The summed E-state index contributed by atoms with van der Waals surface area (Å²) in [6.45, 7) is 12.9. The van der Waals surface area contributed by atoms with Gasteiger partial charge in [-0.2, -0.15) is 0 Å². The van der Waals surface area contributed by atoms with Gasteiger partial charge >= 0.3 is 11.9 Å². The lowest BCUT2D eigenvalue weighted by atomic mass is 9.32. The molecule has 2 N–H and O–H groups in total. The Morgan fingerprint density at radius 2 is 1.91 bits per heavy atom. The number of phenols is 1. The summed E-state index contributed by atoms with van der Waals surface area (Å²) in [5, 5.41) is 21.7. The van der Waals surface area contributed by atoms with Crippen molar-refractivity contribution in [2.24, 2.45) is 39.4 Å². The first-order valence-corrected chi connectivity index (χ1v) is 17.3. The van der Waals surface area contributed by atoms with Gasteiger partial charge in [-0.05, 0) is 85.5 Å². The summed E-state index contributed by atoms with van der Waals surface area (Å²) in [6, 6.07) is 6.29. The number of thioether (sulfide) groups is 1. The van der Waals surface area contributed by atoms with Crippen molar-refractivity contribution in [3.05, 3.63) is 65.1 Å². The third-order valence-electron chi connectivity index (χ3n) is 12.6. The highest BCUT2D eigenvalue weighted by molar-refractivity contribution is 8.03. The molecule has 0 aliphatic heterocycles. The Kier molecular flexibility index (Phi) is 8.17. The summed E-state index contributed by atoms with van der Waals surface area (Å²) in [5.41, 5.74) is -0.471. The van der Waals surface area contributed by atoms with Crippen molar-refractivity contribution in [1.82, 2.24) is 0 Å². The van der Waals surface area contributed by atoms with Gasteiger partial charge in [0.15, 0.2) is 0 Å². The average Bonchev–Trinajstić information content (AvgIpc) is 3.21. The molecule has 5 aliphatic carbocycles. The zero-order valence-corrected chi connectivity index (χ0v) is 27.7. The van der Waals surface area contributed by atoms with Gasteiger partial charge in [-0.1, -0.05) is 52.0 Å². The van der Waals surface area contributed by atoms with Crippen LogP contribution in [0.4, 0.5) is 0 Å². The number of esters is 2. The van der Waals surface area contributed by atoms with Gasteiger partial charge in [-0.25, -0.2) is 4.79 Å². The number of benzene rings is 1. The Hall–Kier alpha value is -2.84. The van der Waals surface area contributed by atoms with E-state index in [1.807, 2.05) is 19.1 Å². The molecule has 4 saturated carbocycles. The largest absolute Gasteiger partial charge is 0.507 e. The van der Waals surface area contributed by atoms with Crippen LogP contribution < -0.4 is 0 Å². The Labute approximate surface area is 270 Å². The van der Waals surface area contributed by atoms with E-state index >= 15 is 0 Å². The van der Waals surface area contributed by atoms with E-state index in [1.54, 1.807) is 12.1 Å². The number of aliphatic hydroxyl groups excluding tert-OH is 1. The second-order valence-electron chi connectivity index (χ2n) is 14.8. The molecule has 2 bridgehead atoms. The number of carbonyl (C=O) groups is 3. The van der Waals surface area contributed by atoms with Gasteiger partial charge in [-0.3, -0.25) is 9.59 Å². The van der Waals surface area contributed by atoms with Gasteiger partial charge in [0.05, 0.1) is 11.9 Å². The van der Waals surface area contributed by atoms with Crippen LogP contribution in [0.2, 0.25) is 0 Å². The minimum Gasteiger partial charge on any atom is -0.507 e. The molecule has 1 aromatic carbocycles. The van der Waals surface area contributed by atoms with Crippen molar-refractivity contribution in [3.8, 4) is 5.75 Å². The van der Waals surface area contributed by atoms with Gasteiger partial charge in [0, 0.05) is 27.6 Å². The number of ketones is 1. The Balaban J connectivity index is 1.16. The molecular weight excluding hydrogens is 588 g/mol. The smallest absolute Gasteiger partial charge is 0.342 e. The molecule has 5 aliphatic rings. The highest BCUT2D eigenvalue weighted by atomic mass is 32.2. The zero-order chi connectivity index (χ0) is 32.4. The number of Topliss-reactive ketones (excluding diaryl/α,β-unsaturated/α-hetero) is 1. The summed E-state index contributed by atoms with van der Waals surface area (Å²) in [6.07, 6.45) is 9.75. The fraction of sp³-hybridized carbons (Fsp3) is 0.595. The minimum absolute atomic E-state index is 0.0143. The normalized spacial score (nSPS) is 40.1. The van der Waals surface area contributed by atoms with Crippen LogP contribution >= 0.6 is 11.8 Å². The number of aromatic hydroxyl groups is 1. The highest BCUT2D eigenvalue weighted by Crippen LogP contribution is 2.82. The topological polar surface area (TPSA) is 110 Å². The van der Waals surface area contributed by atoms with Gasteiger partial charge in [0.2, 0.25) is 0 Å². The highest BCUT2D eigenvalue weighted by Gasteiger charge is 2.81. The molecule has 242 valence electrons. The summed E-state index contributed by atoms with van der Waals surface area (Å²) in [7, 11) is 0. The van der Waals surface area contributed by atoms with Crippen molar-refractivity contribution in [1.29, 1.82) is 0 Å². The number of aliphatic hydroxyl groups is 1. The van der Waals surface area contributed by atoms with Gasteiger partial charge in [0.1, 0.15) is 29.8 Å². The fourth-order valence-corrected chi connectivity index (χ4v) is 11.0. The van der Waals surface area contributed by atoms with E-state index < -0.39 is 23.6 Å². The first-order valence-electron chi connectivity index (χ1n) is 16.3. The summed E-state index contributed by atoms with van der Waals surface area (Å²) in [4.78, 5) is 40.4. The second kappa shape index (κ2) is 11.4. The van der Waals surface area contributed by atoms with Crippen LogP contribution in [0.5, 0.6) is 5.75 Å². The Morgan fingerprint density at radius 3 is 2.64 bits per heavy atom. The number of phenolic OH excluding ortho intramolecular Hbond substituents is 1. The van der Waals surface area contributed by atoms with Crippen molar-refractivity contribution in [2.45, 2.75) is 84.8 Å². The summed E-state index contributed by atoms with van der Waals surface area (Å²) >= 11 is 1.40. The molecule has 6 rings (SSSR count). The van der Waals surface area contributed by atoms with Crippen molar-refractivity contribution < 1.29 is 34.1 Å². The molecule has 8 heteroatoms. The maximum absolute atomic E-state index is 13.6. The van der Waals surface area contributed by atoms with Gasteiger partial charge in [0.25, 0.3) is 0 Å². The predicted molar refractivity (Wildman–Crippen MR) is 173 cm³/mol. The molecule has 1 aromatic rings. The number of ether oxygens (including phenoxy) is 2. The number of para-hydroxylation sites is 1. The van der Waals surface area contributed by atoms with Crippen LogP contribution in [0.25, 0.3) is 0 Å². The number of allylic oxidation sites excluding steroid dienone is 2. The maximum atomic E-state index is 13.6. The summed E-state index contributed by atoms with van der Waals surface area (Å²) in [5.74, 6) is -0.232. The fourth-order valence-electron chi connectivity index (χ4n) is 10.2. The molecule has 45 heavy (non-hydrogen) atoms. The molecule has 2 spiro atoms. The van der Waals surface area contributed by atoms with Crippen molar-refractivity contribution in [2.75, 3.05) is 12.4 Å². The van der Waals surface area contributed by atoms with Gasteiger partial charge < -0.3 is 19.7 Å². The first-order chi connectivity index (χ1) is 21.3. The quantitative estimate of drug-likeness (QED) is 0.238. The van der Waals surface area contributed by atoms with Crippen LogP contribution in [0, 0.1) is 39.4 Å². The molecule has 0 amide bonds. The van der Waals surface area contributed by atoms with E-state index in [1.165, 1.54) is 23.9 Å². The van der Waals surface area contributed by atoms with Crippen molar-refractivity contribution >= 4 is 29.5 Å². The molecule has 4 unspecified atom stereocenters. The van der Waals surface area contributed by atoms with E-state index in [4.69, 9.17) is 9.47 Å². The van der Waals surface area contributed by atoms with Gasteiger partial charge in [-0.15, -0.1) is 18.3 Å². The maximum Gasteiger partial charge on any atom is 0.342 e. The zero-order valence-electron chi connectivity index (χ0n) is 26.8.